The van der Waals surface area contributed by atoms with Crippen LogP contribution in [0.15, 0.2) is 0 Å². The van der Waals surface area contributed by atoms with Gasteiger partial charge in [0.05, 0.1) is 26.4 Å². The maximum atomic E-state index is 5.61. The van der Waals surface area contributed by atoms with E-state index in [-0.39, 0.29) is 22.4 Å². The smallest absolute Gasteiger partial charge is 0.170 e. The predicted octanol–water partition coefficient (Wildman–Crippen LogP) is 3.98. The first-order valence-corrected chi connectivity index (χ1v) is 7.97. The fraction of sp³-hybridized carbons (Fsp3) is 1.00. The van der Waals surface area contributed by atoms with Crippen molar-refractivity contribution >= 4 is 0 Å². The number of rotatable bonds is 0. The highest BCUT2D eigenvalue weighted by atomic mass is 16.7. The first kappa shape index (κ1) is 18.9. The molecular formula is C17H34O4. The summed E-state index contributed by atoms with van der Waals surface area (Å²) < 4.78 is 22.2. The van der Waals surface area contributed by atoms with Gasteiger partial charge >= 0.3 is 0 Å². The molecule has 4 heteroatoms. The van der Waals surface area contributed by atoms with Gasteiger partial charge in [0.1, 0.15) is 0 Å². The van der Waals surface area contributed by atoms with Crippen LogP contribution in [-0.2, 0) is 18.9 Å². The van der Waals surface area contributed by atoms with Crippen LogP contribution in [0.2, 0.25) is 0 Å². The van der Waals surface area contributed by atoms with Gasteiger partial charge < -0.3 is 18.9 Å². The lowest BCUT2D eigenvalue weighted by atomic mass is 9.86. The summed E-state index contributed by atoms with van der Waals surface area (Å²) in [6.45, 7) is 19.9. The lowest BCUT2D eigenvalue weighted by molar-refractivity contribution is -0.302. The van der Waals surface area contributed by atoms with Crippen LogP contribution in [0.25, 0.3) is 0 Å². The molecule has 0 spiro atoms. The van der Waals surface area contributed by atoms with Crippen LogP contribution in [0.1, 0.15) is 61.8 Å². The molecule has 2 heterocycles. The summed E-state index contributed by atoms with van der Waals surface area (Å²) in [5, 5.41) is 0. The first-order chi connectivity index (χ1) is 9.41. The van der Waals surface area contributed by atoms with E-state index in [4.69, 9.17) is 18.9 Å². The molecule has 0 aromatic rings. The van der Waals surface area contributed by atoms with Crippen molar-refractivity contribution in [2.45, 2.75) is 73.4 Å². The van der Waals surface area contributed by atoms with Crippen LogP contribution in [0.3, 0.4) is 0 Å². The van der Waals surface area contributed by atoms with Crippen molar-refractivity contribution in [1.82, 2.24) is 0 Å². The first-order valence-electron chi connectivity index (χ1n) is 7.97. The molecule has 0 radical (unpaired) electrons. The Morgan fingerprint density at radius 3 is 1.05 bits per heavy atom. The predicted molar refractivity (Wildman–Crippen MR) is 84.1 cm³/mol. The summed E-state index contributed by atoms with van der Waals surface area (Å²) in [7, 11) is 0. The molecule has 2 rings (SSSR count). The lowest BCUT2D eigenvalue weighted by Crippen LogP contribution is -2.48. The summed E-state index contributed by atoms with van der Waals surface area (Å²) in [5.41, 5.74) is 0.136. The number of hydrogen-bond acceptors (Lipinski definition) is 4. The average Bonchev–Trinajstić information content (AvgIpc) is 2.77. The fourth-order valence-corrected chi connectivity index (χ4v) is 2.01. The SMILES string of the molecule is CC(C)(C)C1(C)OCCCO1.CC(C)(C)C1(C)OCCO1. The highest BCUT2D eigenvalue weighted by Crippen LogP contribution is 2.37. The van der Waals surface area contributed by atoms with E-state index in [0.29, 0.717) is 0 Å². The van der Waals surface area contributed by atoms with Gasteiger partial charge in [-0.2, -0.15) is 0 Å². The molecule has 2 fully saturated rings. The molecule has 0 atom stereocenters. The highest BCUT2D eigenvalue weighted by molar-refractivity contribution is 4.82. The monoisotopic (exact) mass is 302 g/mol. The summed E-state index contributed by atoms with van der Waals surface area (Å²) in [6, 6.07) is 0. The molecule has 0 aromatic carbocycles. The van der Waals surface area contributed by atoms with Crippen LogP contribution >= 0.6 is 0 Å². The molecule has 0 bridgehead atoms. The minimum Gasteiger partial charge on any atom is -0.350 e. The highest BCUT2D eigenvalue weighted by Gasteiger charge is 2.42. The van der Waals surface area contributed by atoms with Crippen LogP contribution in [0.4, 0.5) is 0 Å². The fourth-order valence-electron chi connectivity index (χ4n) is 2.01. The summed E-state index contributed by atoms with van der Waals surface area (Å²) in [4.78, 5) is 0. The summed E-state index contributed by atoms with van der Waals surface area (Å²) in [5.74, 6) is -0.752. The quantitative estimate of drug-likeness (QED) is 0.678. The van der Waals surface area contributed by atoms with Crippen molar-refractivity contribution in [2.24, 2.45) is 10.8 Å². The van der Waals surface area contributed by atoms with E-state index in [2.05, 4.69) is 41.5 Å². The minimum absolute atomic E-state index is 0.0629. The van der Waals surface area contributed by atoms with Gasteiger partial charge in [-0.25, -0.2) is 0 Å². The van der Waals surface area contributed by atoms with Crippen molar-refractivity contribution in [2.75, 3.05) is 26.4 Å². The van der Waals surface area contributed by atoms with Gasteiger partial charge in [0, 0.05) is 10.8 Å². The van der Waals surface area contributed by atoms with E-state index in [0.717, 1.165) is 32.8 Å². The van der Waals surface area contributed by atoms with Gasteiger partial charge in [-0.1, -0.05) is 41.5 Å². The maximum absolute atomic E-state index is 5.61. The van der Waals surface area contributed by atoms with Crippen molar-refractivity contribution in [1.29, 1.82) is 0 Å². The van der Waals surface area contributed by atoms with E-state index >= 15 is 0 Å². The standard InChI is InChI=1S/C9H18O2.C8H16O2/c1-8(2,3)9(4)10-6-5-7-11-9;1-7(2,3)8(4)9-5-6-10-8/h5-7H2,1-4H3;5-6H2,1-4H3. The van der Waals surface area contributed by atoms with Gasteiger partial charge in [0.2, 0.25) is 0 Å². The third-order valence-electron chi connectivity index (χ3n) is 4.61. The third-order valence-corrected chi connectivity index (χ3v) is 4.61. The zero-order chi connectivity index (χ0) is 16.4. The molecule has 0 saturated carbocycles. The van der Waals surface area contributed by atoms with Gasteiger partial charge in [-0.05, 0) is 20.3 Å². The summed E-state index contributed by atoms with van der Waals surface area (Å²) >= 11 is 0. The minimum atomic E-state index is -0.384. The lowest BCUT2D eigenvalue weighted by Gasteiger charge is -2.43. The van der Waals surface area contributed by atoms with Crippen molar-refractivity contribution < 1.29 is 18.9 Å². The van der Waals surface area contributed by atoms with E-state index in [1.807, 2.05) is 13.8 Å². The average molecular weight is 302 g/mol. The topological polar surface area (TPSA) is 36.9 Å². The maximum Gasteiger partial charge on any atom is 0.170 e. The van der Waals surface area contributed by atoms with E-state index in [1.54, 1.807) is 0 Å². The number of hydrogen-bond donors (Lipinski definition) is 0. The van der Waals surface area contributed by atoms with Gasteiger partial charge in [-0.3, -0.25) is 0 Å². The molecule has 0 N–H and O–H groups in total. The summed E-state index contributed by atoms with van der Waals surface area (Å²) in [6.07, 6.45) is 1.02. The molecule has 2 aliphatic heterocycles. The third kappa shape index (κ3) is 4.65. The largest absolute Gasteiger partial charge is 0.350 e. The Labute approximate surface area is 130 Å². The van der Waals surface area contributed by atoms with Gasteiger partial charge in [0.15, 0.2) is 11.6 Å². The molecule has 0 aliphatic carbocycles. The van der Waals surface area contributed by atoms with Crippen LogP contribution in [-0.4, -0.2) is 38.0 Å². The molecule has 21 heavy (non-hydrogen) atoms. The molecule has 0 amide bonds. The van der Waals surface area contributed by atoms with Gasteiger partial charge in [0.25, 0.3) is 0 Å². The Morgan fingerprint density at radius 2 is 0.857 bits per heavy atom. The Morgan fingerprint density at radius 1 is 0.571 bits per heavy atom. The molecule has 2 saturated heterocycles. The zero-order valence-corrected chi connectivity index (χ0v) is 15.2. The second-order valence-corrected chi connectivity index (χ2v) is 8.14. The van der Waals surface area contributed by atoms with Crippen molar-refractivity contribution in [3.05, 3.63) is 0 Å². The molecule has 0 aromatic heterocycles. The zero-order valence-electron chi connectivity index (χ0n) is 15.2. The van der Waals surface area contributed by atoms with Gasteiger partial charge in [-0.15, -0.1) is 0 Å². The van der Waals surface area contributed by atoms with Crippen LogP contribution in [0.5, 0.6) is 0 Å². The normalized spacial score (nSPS) is 25.1. The van der Waals surface area contributed by atoms with Crippen molar-refractivity contribution in [3.8, 4) is 0 Å². The second kappa shape index (κ2) is 6.53. The molecule has 2 aliphatic rings. The van der Waals surface area contributed by atoms with Crippen LogP contribution < -0.4 is 0 Å². The molecule has 0 unspecified atom stereocenters. The Balaban J connectivity index is 0.000000211. The molecule has 126 valence electrons. The van der Waals surface area contributed by atoms with Crippen LogP contribution in [0, 0.1) is 10.8 Å². The Bertz CT molecular complexity index is 313. The van der Waals surface area contributed by atoms with Crippen molar-refractivity contribution in [3.63, 3.8) is 0 Å². The second-order valence-electron chi connectivity index (χ2n) is 8.14. The number of ether oxygens (including phenoxy) is 4. The molecule has 4 nitrogen and oxygen atoms in total. The van der Waals surface area contributed by atoms with E-state index in [9.17, 15) is 0 Å². The Hall–Kier alpha value is -0.160. The Kier molecular flexibility index (Phi) is 5.87. The van der Waals surface area contributed by atoms with E-state index in [1.165, 1.54) is 0 Å². The molecular weight excluding hydrogens is 268 g/mol. The van der Waals surface area contributed by atoms with E-state index < -0.39 is 0 Å².